The molecule has 0 aliphatic heterocycles. The number of carbonyl (C=O) groups is 1. The van der Waals surface area contributed by atoms with Crippen molar-refractivity contribution in [2.75, 3.05) is 19.6 Å². The Balaban J connectivity index is 2.24. The maximum Gasteiger partial charge on any atom is 0.434 e. The van der Waals surface area contributed by atoms with E-state index in [2.05, 4.69) is 15.7 Å². The first-order chi connectivity index (χ1) is 11.8. The van der Waals surface area contributed by atoms with Crippen molar-refractivity contribution < 1.29 is 18.0 Å². The van der Waals surface area contributed by atoms with Gasteiger partial charge in [0.15, 0.2) is 5.69 Å². The fraction of sp³-hybridized carbons (Fsp3) is 0.412. The van der Waals surface area contributed by atoms with Gasteiger partial charge in [-0.05, 0) is 32.0 Å². The largest absolute Gasteiger partial charge is 0.434 e. The van der Waals surface area contributed by atoms with Crippen LogP contribution in [0.4, 0.5) is 13.2 Å². The molecular formula is C17H21F3N4O. The summed E-state index contributed by atoms with van der Waals surface area (Å²) >= 11 is 0. The summed E-state index contributed by atoms with van der Waals surface area (Å²) in [7, 11) is 0. The molecule has 0 unspecified atom stereocenters. The molecule has 2 rings (SSSR count). The average molecular weight is 354 g/mol. The van der Waals surface area contributed by atoms with Crippen molar-refractivity contribution in [3.63, 3.8) is 0 Å². The first-order valence-corrected chi connectivity index (χ1v) is 8.05. The average Bonchev–Trinajstić information content (AvgIpc) is 3.00. The van der Waals surface area contributed by atoms with Crippen LogP contribution in [0.1, 0.15) is 35.0 Å². The third-order valence-electron chi connectivity index (χ3n) is 3.58. The van der Waals surface area contributed by atoms with Crippen LogP contribution in [0.5, 0.6) is 0 Å². The fourth-order valence-electron chi connectivity index (χ4n) is 2.33. The van der Waals surface area contributed by atoms with Crippen LogP contribution >= 0.6 is 0 Å². The maximum absolute atomic E-state index is 13.5. The van der Waals surface area contributed by atoms with Crippen molar-refractivity contribution in [2.24, 2.45) is 0 Å². The highest BCUT2D eigenvalue weighted by Crippen LogP contribution is 2.33. The minimum Gasteiger partial charge on any atom is -0.351 e. The third-order valence-corrected chi connectivity index (χ3v) is 3.58. The van der Waals surface area contributed by atoms with Gasteiger partial charge in [-0.1, -0.05) is 24.6 Å². The van der Waals surface area contributed by atoms with Crippen LogP contribution in [-0.2, 0) is 6.18 Å². The smallest absolute Gasteiger partial charge is 0.351 e. The molecule has 0 atom stereocenters. The molecular weight excluding hydrogens is 333 g/mol. The number of rotatable bonds is 7. The van der Waals surface area contributed by atoms with Crippen LogP contribution < -0.4 is 10.6 Å². The second kappa shape index (κ2) is 8.15. The number of hydrogen-bond acceptors (Lipinski definition) is 3. The molecule has 1 heterocycles. The van der Waals surface area contributed by atoms with E-state index in [9.17, 15) is 18.0 Å². The molecule has 136 valence electrons. The molecule has 0 aliphatic carbocycles. The Bertz CT molecular complexity index is 708. The van der Waals surface area contributed by atoms with Crippen LogP contribution in [0.3, 0.4) is 0 Å². The first-order valence-electron chi connectivity index (χ1n) is 8.05. The van der Waals surface area contributed by atoms with E-state index in [4.69, 9.17) is 0 Å². The van der Waals surface area contributed by atoms with Gasteiger partial charge in [-0.15, -0.1) is 0 Å². The van der Waals surface area contributed by atoms with Gasteiger partial charge < -0.3 is 10.6 Å². The Hall–Kier alpha value is -2.35. The molecule has 2 aromatic rings. The first kappa shape index (κ1) is 19.0. The Morgan fingerprint density at radius 3 is 2.44 bits per heavy atom. The molecule has 0 bridgehead atoms. The Morgan fingerprint density at radius 1 is 1.16 bits per heavy atom. The monoisotopic (exact) mass is 354 g/mol. The number of hydrogen-bond donors (Lipinski definition) is 2. The van der Waals surface area contributed by atoms with Crippen LogP contribution in [-0.4, -0.2) is 35.3 Å². The summed E-state index contributed by atoms with van der Waals surface area (Å²) in [6.07, 6.45) is -2.80. The van der Waals surface area contributed by atoms with E-state index in [1.807, 2.05) is 13.8 Å². The highest BCUT2D eigenvalue weighted by Gasteiger charge is 2.40. The normalized spacial score (nSPS) is 11.6. The lowest BCUT2D eigenvalue weighted by atomic mass is 10.2. The van der Waals surface area contributed by atoms with Gasteiger partial charge in [0.25, 0.3) is 5.91 Å². The van der Waals surface area contributed by atoms with E-state index >= 15 is 0 Å². The number of carbonyl (C=O) groups excluding carboxylic acids is 1. The molecule has 0 fully saturated rings. The van der Waals surface area contributed by atoms with Gasteiger partial charge in [0.2, 0.25) is 0 Å². The lowest BCUT2D eigenvalue weighted by Gasteiger charge is -2.13. The Morgan fingerprint density at radius 2 is 1.84 bits per heavy atom. The lowest BCUT2D eigenvalue weighted by Crippen LogP contribution is -2.33. The predicted molar refractivity (Wildman–Crippen MR) is 88.8 cm³/mol. The molecule has 1 aromatic carbocycles. The molecule has 1 amide bonds. The van der Waals surface area contributed by atoms with Crippen LogP contribution in [0, 0.1) is 6.92 Å². The molecule has 0 radical (unpaired) electrons. The van der Waals surface area contributed by atoms with Crippen molar-refractivity contribution in [1.82, 2.24) is 20.4 Å². The van der Waals surface area contributed by atoms with E-state index in [1.54, 1.807) is 12.1 Å². The standard InChI is InChI=1S/C17H21F3N4O/c1-3-8-21-9-10-22-16(25)14-11-23-24(15(14)17(18,19)20)13-6-4-12(2)5-7-13/h4-7,11,21H,3,8-10H2,1-2H3,(H,22,25). The van der Waals surface area contributed by atoms with Gasteiger partial charge >= 0.3 is 6.18 Å². The maximum atomic E-state index is 13.5. The van der Waals surface area contributed by atoms with Gasteiger partial charge in [0, 0.05) is 13.1 Å². The number of nitrogens with zero attached hydrogens (tertiary/aromatic N) is 2. The molecule has 0 saturated heterocycles. The minimum atomic E-state index is -4.70. The van der Waals surface area contributed by atoms with Crippen LogP contribution in [0.15, 0.2) is 30.5 Å². The van der Waals surface area contributed by atoms with Gasteiger partial charge in [-0.2, -0.15) is 18.3 Å². The van der Waals surface area contributed by atoms with Gasteiger partial charge in [0.05, 0.1) is 17.4 Å². The summed E-state index contributed by atoms with van der Waals surface area (Å²) in [5, 5.41) is 9.34. The van der Waals surface area contributed by atoms with Gasteiger partial charge in [0.1, 0.15) is 0 Å². The number of nitrogens with one attached hydrogen (secondary N) is 2. The Kier molecular flexibility index (Phi) is 6.19. The fourth-order valence-corrected chi connectivity index (χ4v) is 2.33. The lowest BCUT2D eigenvalue weighted by molar-refractivity contribution is -0.143. The number of amides is 1. The minimum absolute atomic E-state index is 0.242. The third kappa shape index (κ3) is 4.82. The highest BCUT2D eigenvalue weighted by molar-refractivity contribution is 5.95. The summed E-state index contributed by atoms with van der Waals surface area (Å²) in [5.41, 5.74) is -0.387. The summed E-state index contributed by atoms with van der Waals surface area (Å²) in [4.78, 5) is 12.2. The number of aryl methyl sites for hydroxylation is 1. The topological polar surface area (TPSA) is 58.9 Å². The number of halogens is 3. The van der Waals surface area contributed by atoms with Crippen molar-refractivity contribution in [3.8, 4) is 5.69 Å². The Labute approximate surface area is 144 Å². The number of benzene rings is 1. The van der Waals surface area contributed by atoms with Gasteiger partial charge in [-0.25, -0.2) is 4.68 Å². The quantitative estimate of drug-likeness (QED) is 0.752. The van der Waals surface area contributed by atoms with E-state index in [0.29, 0.717) is 6.54 Å². The second-order valence-electron chi connectivity index (χ2n) is 5.66. The van der Waals surface area contributed by atoms with Crippen molar-refractivity contribution in [2.45, 2.75) is 26.4 Å². The molecule has 2 N–H and O–H groups in total. The zero-order valence-corrected chi connectivity index (χ0v) is 14.2. The van der Waals surface area contributed by atoms with E-state index < -0.39 is 23.3 Å². The number of aromatic nitrogens is 2. The van der Waals surface area contributed by atoms with E-state index in [1.165, 1.54) is 12.1 Å². The summed E-state index contributed by atoms with van der Waals surface area (Å²) < 4.78 is 41.3. The molecule has 8 heteroatoms. The van der Waals surface area contributed by atoms with Crippen molar-refractivity contribution in [3.05, 3.63) is 47.3 Å². The SMILES string of the molecule is CCCNCCNC(=O)c1cnn(-c2ccc(C)cc2)c1C(F)(F)F. The molecule has 0 aliphatic rings. The highest BCUT2D eigenvalue weighted by atomic mass is 19.4. The zero-order valence-electron chi connectivity index (χ0n) is 14.2. The molecule has 1 aromatic heterocycles. The summed E-state index contributed by atoms with van der Waals surface area (Å²) in [6.45, 7) is 5.36. The second-order valence-corrected chi connectivity index (χ2v) is 5.66. The molecule has 25 heavy (non-hydrogen) atoms. The predicted octanol–water partition coefficient (Wildman–Crippen LogP) is 2.93. The van der Waals surface area contributed by atoms with Crippen LogP contribution in [0.2, 0.25) is 0 Å². The van der Waals surface area contributed by atoms with Crippen molar-refractivity contribution >= 4 is 5.91 Å². The molecule has 5 nitrogen and oxygen atoms in total. The molecule has 0 spiro atoms. The number of alkyl halides is 3. The van der Waals surface area contributed by atoms with E-state index in [0.717, 1.165) is 29.4 Å². The van der Waals surface area contributed by atoms with Crippen molar-refractivity contribution in [1.29, 1.82) is 0 Å². The zero-order chi connectivity index (χ0) is 18.4. The van der Waals surface area contributed by atoms with Gasteiger partial charge in [-0.3, -0.25) is 4.79 Å². The molecule has 0 saturated carbocycles. The summed E-state index contributed by atoms with van der Waals surface area (Å²) in [6, 6.07) is 6.45. The summed E-state index contributed by atoms with van der Waals surface area (Å²) in [5.74, 6) is -0.788. The van der Waals surface area contributed by atoms with Crippen LogP contribution in [0.25, 0.3) is 5.69 Å². The van der Waals surface area contributed by atoms with E-state index in [-0.39, 0.29) is 12.2 Å².